The normalized spacial score (nSPS) is 16.3. The first-order chi connectivity index (χ1) is 9.26. The van der Waals surface area contributed by atoms with Crippen molar-refractivity contribution >= 4 is 34.4 Å². The lowest BCUT2D eigenvalue weighted by molar-refractivity contribution is 0.599. The molecule has 3 heterocycles. The molecule has 0 saturated heterocycles. The topological polar surface area (TPSA) is 24.9 Å². The molecular weight excluding hydrogens is 292 g/mol. The zero-order chi connectivity index (χ0) is 13.2. The number of fused-ring (bicyclic) bond motifs is 1. The summed E-state index contributed by atoms with van der Waals surface area (Å²) < 4.78 is 0. The predicted molar refractivity (Wildman–Crippen MR) is 86.5 cm³/mol. The predicted octanol–water partition coefficient (Wildman–Crippen LogP) is 3.81. The van der Waals surface area contributed by atoms with Gasteiger partial charge in [0.05, 0.1) is 5.01 Å². The highest BCUT2D eigenvalue weighted by molar-refractivity contribution is 7.98. The summed E-state index contributed by atoms with van der Waals surface area (Å²) in [5, 5.41) is 6.83. The van der Waals surface area contributed by atoms with E-state index in [4.69, 9.17) is 0 Å². The Hall–Kier alpha value is -0.360. The summed E-state index contributed by atoms with van der Waals surface area (Å²) in [6, 6.07) is 2.82. The van der Waals surface area contributed by atoms with Gasteiger partial charge in [-0.2, -0.15) is 11.8 Å². The molecule has 1 atom stereocenters. The summed E-state index contributed by atoms with van der Waals surface area (Å²) in [4.78, 5) is 7.66. The van der Waals surface area contributed by atoms with Crippen molar-refractivity contribution in [2.45, 2.75) is 31.6 Å². The van der Waals surface area contributed by atoms with Crippen molar-refractivity contribution in [2.24, 2.45) is 0 Å². The van der Waals surface area contributed by atoms with Gasteiger partial charge in [0.1, 0.15) is 0 Å². The number of thiazole rings is 1. The number of aromatic nitrogens is 1. The molecule has 0 radical (unpaired) electrons. The molecule has 1 unspecified atom stereocenters. The third-order valence-corrected chi connectivity index (χ3v) is 6.73. The lowest BCUT2D eigenvalue weighted by atomic mass is 10.1. The van der Waals surface area contributed by atoms with Crippen LogP contribution in [-0.2, 0) is 18.6 Å². The highest BCUT2D eigenvalue weighted by atomic mass is 32.2. The van der Waals surface area contributed by atoms with Crippen LogP contribution < -0.4 is 5.32 Å². The van der Waals surface area contributed by atoms with E-state index in [0.717, 1.165) is 12.1 Å². The number of thioether (sulfide) groups is 1. The Morgan fingerprint density at radius 2 is 2.37 bits per heavy atom. The number of thiophene rings is 1. The zero-order valence-electron chi connectivity index (χ0n) is 11.2. The molecule has 3 rings (SSSR count). The van der Waals surface area contributed by atoms with Crippen molar-refractivity contribution in [1.82, 2.24) is 10.3 Å². The van der Waals surface area contributed by atoms with Crippen LogP contribution in [0.3, 0.4) is 0 Å². The molecule has 5 heteroatoms. The average Bonchev–Trinajstić information content (AvgIpc) is 3.01. The van der Waals surface area contributed by atoms with E-state index in [1.54, 1.807) is 21.8 Å². The summed E-state index contributed by atoms with van der Waals surface area (Å²) in [5.74, 6) is 2.47. The van der Waals surface area contributed by atoms with E-state index in [-0.39, 0.29) is 0 Å². The van der Waals surface area contributed by atoms with E-state index >= 15 is 0 Å². The third kappa shape index (κ3) is 3.05. The van der Waals surface area contributed by atoms with Crippen LogP contribution in [0.5, 0.6) is 0 Å². The fraction of sp³-hybridized carbons (Fsp3) is 0.500. The minimum atomic E-state index is 0.408. The largest absolute Gasteiger partial charge is 0.312 e. The second kappa shape index (κ2) is 5.95. The maximum absolute atomic E-state index is 4.58. The molecule has 0 fully saturated rings. The minimum Gasteiger partial charge on any atom is -0.312 e. The van der Waals surface area contributed by atoms with E-state index in [2.05, 4.69) is 47.5 Å². The minimum absolute atomic E-state index is 0.408. The second-order valence-electron chi connectivity index (χ2n) is 4.83. The molecule has 2 aromatic rings. The Morgan fingerprint density at radius 3 is 3.05 bits per heavy atom. The molecule has 0 amide bonds. The van der Waals surface area contributed by atoms with Crippen molar-refractivity contribution in [1.29, 1.82) is 0 Å². The quantitative estimate of drug-likeness (QED) is 0.929. The van der Waals surface area contributed by atoms with E-state index in [1.807, 2.05) is 11.3 Å². The van der Waals surface area contributed by atoms with E-state index in [1.165, 1.54) is 27.8 Å². The number of rotatable bonds is 4. The van der Waals surface area contributed by atoms with Crippen LogP contribution in [0.25, 0.3) is 0 Å². The molecule has 0 spiro atoms. The molecule has 1 aliphatic rings. The van der Waals surface area contributed by atoms with E-state index in [9.17, 15) is 0 Å². The van der Waals surface area contributed by atoms with Crippen molar-refractivity contribution in [3.05, 3.63) is 37.5 Å². The number of hydrogen-bond donors (Lipinski definition) is 1. The molecule has 102 valence electrons. The first-order valence-electron chi connectivity index (χ1n) is 6.53. The van der Waals surface area contributed by atoms with Crippen molar-refractivity contribution in [3.8, 4) is 0 Å². The maximum Gasteiger partial charge on any atom is 0.0947 e. The summed E-state index contributed by atoms with van der Waals surface area (Å²) >= 11 is 5.82. The van der Waals surface area contributed by atoms with Crippen LogP contribution in [0.1, 0.15) is 32.1 Å². The Kier molecular flexibility index (Phi) is 4.27. The summed E-state index contributed by atoms with van der Waals surface area (Å²) in [5.41, 5.74) is 2.70. The molecule has 2 aromatic heterocycles. The second-order valence-corrected chi connectivity index (χ2v) is 8.04. The SMILES string of the molecule is CNC(Cc1nc(C)cs1)c1cc2c(s1)CCSC2. The van der Waals surface area contributed by atoms with Gasteiger partial charge in [-0.3, -0.25) is 0 Å². The van der Waals surface area contributed by atoms with Gasteiger partial charge in [-0.05, 0) is 37.8 Å². The van der Waals surface area contributed by atoms with E-state index < -0.39 is 0 Å². The van der Waals surface area contributed by atoms with Crippen LogP contribution in [0.4, 0.5) is 0 Å². The van der Waals surface area contributed by atoms with Crippen molar-refractivity contribution in [2.75, 3.05) is 12.8 Å². The fourth-order valence-corrected chi connectivity index (χ4v) is 5.66. The average molecular weight is 311 g/mol. The van der Waals surface area contributed by atoms with Gasteiger partial charge in [0.2, 0.25) is 0 Å². The molecule has 1 N–H and O–H groups in total. The van der Waals surface area contributed by atoms with Gasteiger partial charge in [0, 0.05) is 39.0 Å². The molecule has 0 bridgehead atoms. The molecule has 0 aliphatic carbocycles. The molecule has 19 heavy (non-hydrogen) atoms. The fourth-order valence-electron chi connectivity index (χ4n) is 2.36. The first kappa shape index (κ1) is 13.6. The van der Waals surface area contributed by atoms with Crippen LogP contribution >= 0.6 is 34.4 Å². The number of hydrogen-bond acceptors (Lipinski definition) is 5. The van der Waals surface area contributed by atoms with Gasteiger partial charge in [-0.15, -0.1) is 22.7 Å². The van der Waals surface area contributed by atoms with Crippen LogP contribution in [0, 0.1) is 6.92 Å². The maximum atomic E-state index is 4.58. The van der Waals surface area contributed by atoms with Crippen molar-refractivity contribution in [3.63, 3.8) is 0 Å². The highest BCUT2D eigenvalue weighted by Crippen LogP contribution is 2.35. The number of likely N-dealkylation sites (N-methyl/N-ethyl adjacent to an activating group) is 1. The smallest absolute Gasteiger partial charge is 0.0947 e. The summed E-state index contributed by atoms with van der Waals surface area (Å²) in [6.45, 7) is 2.06. The Morgan fingerprint density at radius 1 is 1.47 bits per heavy atom. The molecule has 0 saturated carbocycles. The zero-order valence-corrected chi connectivity index (χ0v) is 13.7. The van der Waals surface area contributed by atoms with Gasteiger partial charge >= 0.3 is 0 Å². The van der Waals surface area contributed by atoms with Gasteiger partial charge in [-0.1, -0.05) is 0 Å². The van der Waals surface area contributed by atoms with E-state index in [0.29, 0.717) is 6.04 Å². The van der Waals surface area contributed by atoms with Gasteiger partial charge in [-0.25, -0.2) is 4.98 Å². The van der Waals surface area contributed by atoms with Gasteiger partial charge < -0.3 is 5.32 Å². The van der Waals surface area contributed by atoms with Gasteiger partial charge in [0.15, 0.2) is 0 Å². The summed E-state index contributed by atoms with van der Waals surface area (Å²) in [7, 11) is 2.05. The number of nitrogens with one attached hydrogen (secondary N) is 1. The number of aryl methyl sites for hydroxylation is 2. The molecule has 1 aliphatic heterocycles. The lowest BCUT2D eigenvalue weighted by Crippen LogP contribution is -2.17. The monoisotopic (exact) mass is 310 g/mol. The standard InChI is InChI=1S/C14H18N2S3/c1-9-7-18-14(16-9)6-11(15-2)13-5-10-8-17-4-3-12(10)19-13/h5,7,11,15H,3-4,6,8H2,1-2H3. The van der Waals surface area contributed by atoms with Gasteiger partial charge in [0.25, 0.3) is 0 Å². The van der Waals surface area contributed by atoms with Crippen molar-refractivity contribution < 1.29 is 0 Å². The van der Waals surface area contributed by atoms with Crippen LogP contribution in [-0.4, -0.2) is 17.8 Å². The molecular formula is C14H18N2S3. The number of nitrogens with zero attached hydrogens (tertiary/aromatic N) is 1. The third-order valence-electron chi connectivity index (χ3n) is 3.38. The van der Waals surface area contributed by atoms with Crippen LogP contribution in [0.15, 0.2) is 11.4 Å². The van der Waals surface area contributed by atoms with Crippen LogP contribution in [0.2, 0.25) is 0 Å². The lowest BCUT2D eigenvalue weighted by Gasteiger charge is -2.12. The Bertz CT molecular complexity index is 535. The molecule has 2 nitrogen and oxygen atoms in total. The highest BCUT2D eigenvalue weighted by Gasteiger charge is 2.19. The Labute approximate surface area is 126 Å². The first-order valence-corrected chi connectivity index (χ1v) is 9.39. The molecule has 0 aromatic carbocycles. The Balaban J connectivity index is 1.79. The summed E-state index contributed by atoms with van der Waals surface area (Å²) in [6.07, 6.45) is 2.25.